The van der Waals surface area contributed by atoms with Crippen molar-refractivity contribution in [3.8, 4) is 0 Å². The Bertz CT molecular complexity index is 168. The Labute approximate surface area is 89.1 Å². The average molecular weight is 198 g/mol. The van der Waals surface area contributed by atoms with E-state index < -0.39 is 0 Å². The zero-order valence-corrected chi connectivity index (χ0v) is 10.4. The molecule has 1 unspecified atom stereocenters. The summed E-state index contributed by atoms with van der Waals surface area (Å²) in [7, 11) is 4.34. The zero-order valence-electron chi connectivity index (χ0n) is 10.4. The average Bonchev–Trinajstić information content (AvgIpc) is 1.94. The molecule has 0 saturated heterocycles. The van der Waals surface area contributed by atoms with Gasteiger partial charge in [0.25, 0.3) is 0 Å². The molecule has 0 aromatic carbocycles. The molecule has 0 spiro atoms. The Balaban J connectivity index is 2.39. The van der Waals surface area contributed by atoms with Gasteiger partial charge in [-0.1, -0.05) is 27.2 Å². The summed E-state index contributed by atoms with van der Waals surface area (Å²) in [6, 6.07) is 1.45. The van der Waals surface area contributed by atoms with E-state index in [1.165, 1.54) is 25.8 Å². The minimum atomic E-state index is 0.354. The number of nitrogens with one attached hydrogen (secondary N) is 1. The molecular formula is C12H26N2. The largest absolute Gasteiger partial charge is 0.315 e. The van der Waals surface area contributed by atoms with E-state index in [0.29, 0.717) is 11.5 Å². The maximum Gasteiger partial charge on any atom is 0.0240 e. The fourth-order valence-electron chi connectivity index (χ4n) is 2.06. The molecule has 1 aliphatic rings. The summed E-state index contributed by atoms with van der Waals surface area (Å²) in [5.74, 6) is 0. The molecule has 1 rings (SSSR count). The molecule has 1 aliphatic carbocycles. The lowest BCUT2D eigenvalue weighted by Gasteiger charge is -2.40. The van der Waals surface area contributed by atoms with E-state index in [4.69, 9.17) is 0 Å². The van der Waals surface area contributed by atoms with E-state index in [1.54, 1.807) is 0 Å². The van der Waals surface area contributed by atoms with Gasteiger partial charge in [-0.3, -0.25) is 0 Å². The highest BCUT2D eigenvalue weighted by molar-refractivity contribution is 4.86. The first kappa shape index (κ1) is 12.0. The molecule has 1 saturated carbocycles. The lowest BCUT2D eigenvalue weighted by Crippen LogP contribution is -2.50. The lowest BCUT2D eigenvalue weighted by molar-refractivity contribution is 0.118. The molecule has 0 amide bonds. The molecule has 1 atom stereocenters. The summed E-state index contributed by atoms with van der Waals surface area (Å²) < 4.78 is 0. The summed E-state index contributed by atoms with van der Waals surface area (Å²) in [5, 5.41) is 3.43. The number of hydrogen-bond donors (Lipinski definition) is 1. The Morgan fingerprint density at radius 1 is 1.36 bits per heavy atom. The minimum Gasteiger partial charge on any atom is -0.315 e. The van der Waals surface area contributed by atoms with Gasteiger partial charge in [0.2, 0.25) is 0 Å². The van der Waals surface area contributed by atoms with Crippen LogP contribution in [0.2, 0.25) is 0 Å². The highest BCUT2D eigenvalue weighted by Crippen LogP contribution is 2.26. The molecule has 1 N–H and O–H groups in total. The normalized spacial score (nSPS) is 21.0. The molecule has 1 fully saturated rings. The van der Waals surface area contributed by atoms with Crippen molar-refractivity contribution in [3.63, 3.8) is 0 Å². The molecule has 14 heavy (non-hydrogen) atoms. The van der Waals surface area contributed by atoms with Crippen LogP contribution in [0.3, 0.4) is 0 Å². The van der Waals surface area contributed by atoms with Crippen LogP contribution in [0, 0.1) is 5.41 Å². The maximum atomic E-state index is 3.43. The summed E-state index contributed by atoms with van der Waals surface area (Å²) >= 11 is 0. The second-order valence-corrected chi connectivity index (χ2v) is 5.73. The second-order valence-electron chi connectivity index (χ2n) is 5.73. The standard InChI is InChI=1S/C12H26N2/c1-12(2,3)11(13-4)9-14(5)10-7-6-8-10/h10-11,13H,6-9H2,1-5H3. The number of rotatable bonds is 4. The van der Waals surface area contributed by atoms with E-state index in [9.17, 15) is 0 Å². The van der Waals surface area contributed by atoms with Crippen molar-refractivity contribution in [1.29, 1.82) is 0 Å². The maximum absolute atomic E-state index is 3.43. The molecule has 0 aromatic rings. The molecular weight excluding hydrogens is 172 g/mol. The Kier molecular flexibility index (Phi) is 3.96. The lowest BCUT2D eigenvalue weighted by atomic mass is 9.85. The van der Waals surface area contributed by atoms with Crippen LogP contribution < -0.4 is 5.32 Å². The van der Waals surface area contributed by atoms with Gasteiger partial charge in [0.05, 0.1) is 0 Å². The van der Waals surface area contributed by atoms with Crippen LogP contribution in [0.15, 0.2) is 0 Å². The van der Waals surface area contributed by atoms with Crippen LogP contribution in [0.4, 0.5) is 0 Å². The van der Waals surface area contributed by atoms with Gasteiger partial charge in [0.15, 0.2) is 0 Å². The third-order valence-electron chi connectivity index (χ3n) is 3.56. The molecule has 0 aliphatic heterocycles. The van der Waals surface area contributed by atoms with Crippen molar-refractivity contribution in [3.05, 3.63) is 0 Å². The SMILES string of the molecule is CNC(CN(C)C1CCC1)C(C)(C)C. The molecule has 84 valence electrons. The highest BCUT2D eigenvalue weighted by atomic mass is 15.2. The zero-order chi connectivity index (χ0) is 10.8. The Hall–Kier alpha value is -0.0800. The number of nitrogens with zero attached hydrogens (tertiary/aromatic N) is 1. The summed E-state index contributed by atoms with van der Waals surface area (Å²) in [6.07, 6.45) is 4.23. The van der Waals surface area contributed by atoms with Gasteiger partial charge in [0, 0.05) is 18.6 Å². The molecule has 2 nitrogen and oxygen atoms in total. The van der Waals surface area contributed by atoms with Crippen molar-refractivity contribution in [2.45, 2.75) is 52.1 Å². The molecule has 0 aromatic heterocycles. The fourth-order valence-corrected chi connectivity index (χ4v) is 2.06. The Morgan fingerprint density at radius 3 is 2.21 bits per heavy atom. The first-order chi connectivity index (χ1) is 6.45. The summed E-state index contributed by atoms with van der Waals surface area (Å²) in [5.41, 5.74) is 0.354. The topological polar surface area (TPSA) is 15.3 Å². The first-order valence-corrected chi connectivity index (χ1v) is 5.82. The van der Waals surface area contributed by atoms with Crippen molar-refractivity contribution >= 4 is 0 Å². The second kappa shape index (κ2) is 4.63. The highest BCUT2D eigenvalue weighted by Gasteiger charge is 2.28. The third kappa shape index (κ3) is 2.96. The van der Waals surface area contributed by atoms with Gasteiger partial charge in [-0.2, -0.15) is 0 Å². The van der Waals surface area contributed by atoms with Crippen LogP contribution in [-0.2, 0) is 0 Å². The quantitative estimate of drug-likeness (QED) is 0.744. The van der Waals surface area contributed by atoms with E-state index in [2.05, 4.69) is 45.1 Å². The Morgan fingerprint density at radius 2 is 1.93 bits per heavy atom. The van der Waals surface area contributed by atoms with E-state index >= 15 is 0 Å². The smallest absolute Gasteiger partial charge is 0.0240 e. The van der Waals surface area contributed by atoms with E-state index in [-0.39, 0.29) is 0 Å². The summed E-state index contributed by atoms with van der Waals surface area (Å²) in [6.45, 7) is 8.10. The number of likely N-dealkylation sites (N-methyl/N-ethyl adjacent to an activating group) is 2. The first-order valence-electron chi connectivity index (χ1n) is 5.82. The van der Waals surface area contributed by atoms with Crippen molar-refractivity contribution in [2.24, 2.45) is 5.41 Å². The van der Waals surface area contributed by atoms with Gasteiger partial charge in [0.1, 0.15) is 0 Å². The van der Waals surface area contributed by atoms with Crippen LogP contribution in [0.1, 0.15) is 40.0 Å². The van der Waals surface area contributed by atoms with E-state index in [1.807, 2.05) is 0 Å². The van der Waals surface area contributed by atoms with Crippen LogP contribution in [0.25, 0.3) is 0 Å². The molecule has 0 bridgehead atoms. The minimum absolute atomic E-state index is 0.354. The van der Waals surface area contributed by atoms with Gasteiger partial charge in [-0.05, 0) is 32.4 Å². The predicted molar refractivity (Wildman–Crippen MR) is 62.6 cm³/mol. The monoisotopic (exact) mass is 198 g/mol. The van der Waals surface area contributed by atoms with Gasteiger partial charge < -0.3 is 10.2 Å². The van der Waals surface area contributed by atoms with Crippen molar-refractivity contribution < 1.29 is 0 Å². The molecule has 0 radical (unpaired) electrons. The van der Waals surface area contributed by atoms with Crippen LogP contribution >= 0.6 is 0 Å². The third-order valence-corrected chi connectivity index (χ3v) is 3.56. The fraction of sp³-hybridized carbons (Fsp3) is 1.00. The molecule has 0 heterocycles. The van der Waals surface area contributed by atoms with E-state index in [0.717, 1.165) is 6.04 Å². The van der Waals surface area contributed by atoms with Crippen molar-refractivity contribution in [2.75, 3.05) is 20.6 Å². The van der Waals surface area contributed by atoms with Crippen LogP contribution in [0.5, 0.6) is 0 Å². The molecule has 2 heteroatoms. The van der Waals surface area contributed by atoms with Gasteiger partial charge in [-0.15, -0.1) is 0 Å². The van der Waals surface area contributed by atoms with Gasteiger partial charge >= 0.3 is 0 Å². The predicted octanol–water partition coefficient (Wildman–Crippen LogP) is 2.10. The summed E-state index contributed by atoms with van der Waals surface area (Å²) in [4.78, 5) is 2.52. The number of hydrogen-bond acceptors (Lipinski definition) is 2. The van der Waals surface area contributed by atoms with Gasteiger partial charge in [-0.25, -0.2) is 0 Å². The van der Waals surface area contributed by atoms with Crippen LogP contribution in [-0.4, -0.2) is 37.6 Å². The van der Waals surface area contributed by atoms with Crippen molar-refractivity contribution in [1.82, 2.24) is 10.2 Å².